The molecule has 2 aromatic carbocycles. The number of hydrogen-bond acceptors (Lipinski definition) is 5. The van der Waals surface area contributed by atoms with Crippen LogP contribution in [0.25, 0.3) is 0 Å². The van der Waals surface area contributed by atoms with Gasteiger partial charge in [-0.1, -0.05) is 6.07 Å². The molecule has 0 spiro atoms. The second kappa shape index (κ2) is 7.38. The van der Waals surface area contributed by atoms with E-state index in [-0.39, 0.29) is 11.9 Å². The molecule has 1 atom stereocenters. The summed E-state index contributed by atoms with van der Waals surface area (Å²) in [6, 6.07) is 13.2. The maximum Gasteiger partial charge on any atom is 0.343 e. The highest BCUT2D eigenvalue weighted by atomic mass is 16.5. The van der Waals surface area contributed by atoms with Crippen LogP contribution in [0.2, 0.25) is 0 Å². The molecule has 1 heterocycles. The minimum Gasteiger partial charge on any atom is -0.423 e. The van der Waals surface area contributed by atoms with Gasteiger partial charge in [-0.15, -0.1) is 0 Å². The van der Waals surface area contributed by atoms with Gasteiger partial charge in [0.05, 0.1) is 29.8 Å². The summed E-state index contributed by atoms with van der Waals surface area (Å²) < 4.78 is 10.5. The van der Waals surface area contributed by atoms with Crippen molar-refractivity contribution in [3.63, 3.8) is 0 Å². The van der Waals surface area contributed by atoms with Gasteiger partial charge in [-0.05, 0) is 48.9 Å². The second-order valence-corrected chi connectivity index (χ2v) is 6.14. The Morgan fingerprint density at radius 2 is 2.00 bits per heavy atom. The molecule has 1 amide bonds. The fraction of sp³-hybridized carbons (Fsp3) is 0.250. The first kappa shape index (κ1) is 17.6. The van der Waals surface area contributed by atoms with Gasteiger partial charge < -0.3 is 14.4 Å². The van der Waals surface area contributed by atoms with Crippen LogP contribution in [0.5, 0.6) is 5.75 Å². The molecule has 6 nitrogen and oxygen atoms in total. The fourth-order valence-corrected chi connectivity index (χ4v) is 2.90. The zero-order valence-corrected chi connectivity index (χ0v) is 14.6. The molecule has 2 aromatic rings. The quantitative estimate of drug-likeness (QED) is 0.612. The van der Waals surface area contributed by atoms with Gasteiger partial charge in [0.2, 0.25) is 0 Å². The number of carbonyl (C=O) groups is 2. The van der Waals surface area contributed by atoms with Gasteiger partial charge in [-0.2, -0.15) is 5.26 Å². The molecule has 6 heteroatoms. The first-order valence-corrected chi connectivity index (χ1v) is 8.18. The lowest BCUT2D eigenvalue weighted by Gasteiger charge is -2.23. The predicted molar refractivity (Wildman–Crippen MR) is 93.8 cm³/mol. The van der Waals surface area contributed by atoms with Crippen molar-refractivity contribution in [1.82, 2.24) is 4.90 Å². The lowest BCUT2D eigenvalue weighted by atomic mass is 10.1. The lowest BCUT2D eigenvalue weighted by molar-refractivity contribution is 0.0587. The third-order valence-electron chi connectivity index (χ3n) is 4.31. The number of methoxy groups -OCH3 is 1. The number of nitrogens with zero attached hydrogens (tertiary/aromatic N) is 2. The standard InChI is InChI=1S/C20H18N2O4/c1-13(12-25-2)22-11-16-7-8-17(9-18(16)19(22)23)26-20(24)15-5-3-14(10-21)4-6-15/h3-9,13H,11-12H2,1-2H3. The Balaban J connectivity index is 1.75. The van der Waals surface area contributed by atoms with Gasteiger partial charge in [-0.3, -0.25) is 4.79 Å². The van der Waals surface area contributed by atoms with Crippen molar-refractivity contribution in [3.05, 3.63) is 64.7 Å². The Bertz CT molecular complexity index is 884. The minimum atomic E-state index is -0.538. The summed E-state index contributed by atoms with van der Waals surface area (Å²) >= 11 is 0. The molecule has 0 radical (unpaired) electrons. The number of fused-ring (bicyclic) bond motifs is 1. The molecule has 0 saturated carbocycles. The number of amides is 1. The highest BCUT2D eigenvalue weighted by Crippen LogP contribution is 2.28. The summed E-state index contributed by atoms with van der Waals surface area (Å²) in [6.45, 7) is 2.90. The molecule has 132 valence electrons. The number of carbonyl (C=O) groups excluding carboxylic acids is 2. The maximum atomic E-state index is 12.6. The number of ether oxygens (including phenoxy) is 2. The summed E-state index contributed by atoms with van der Waals surface area (Å²) in [4.78, 5) is 26.6. The van der Waals surface area contributed by atoms with Gasteiger partial charge in [-0.25, -0.2) is 4.79 Å². The second-order valence-electron chi connectivity index (χ2n) is 6.14. The van der Waals surface area contributed by atoms with E-state index in [0.29, 0.717) is 35.6 Å². The van der Waals surface area contributed by atoms with Crippen molar-refractivity contribution in [2.75, 3.05) is 13.7 Å². The van der Waals surface area contributed by atoms with Crippen molar-refractivity contribution in [2.24, 2.45) is 0 Å². The third-order valence-corrected chi connectivity index (χ3v) is 4.31. The lowest BCUT2D eigenvalue weighted by Crippen LogP contribution is -2.36. The first-order chi connectivity index (χ1) is 12.5. The Morgan fingerprint density at radius 1 is 1.27 bits per heavy atom. The van der Waals surface area contributed by atoms with Gasteiger partial charge >= 0.3 is 5.97 Å². The zero-order chi connectivity index (χ0) is 18.7. The van der Waals surface area contributed by atoms with E-state index in [1.54, 1.807) is 42.3 Å². The van der Waals surface area contributed by atoms with E-state index in [1.807, 2.05) is 13.0 Å². The van der Waals surface area contributed by atoms with Crippen LogP contribution in [-0.2, 0) is 11.3 Å². The van der Waals surface area contributed by atoms with Crippen LogP contribution in [0.1, 0.15) is 38.8 Å². The smallest absolute Gasteiger partial charge is 0.343 e. The largest absolute Gasteiger partial charge is 0.423 e. The Kier molecular flexibility index (Phi) is 5.01. The topological polar surface area (TPSA) is 79.6 Å². The molecule has 1 unspecified atom stereocenters. The molecule has 0 N–H and O–H groups in total. The van der Waals surface area contributed by atoms with Gasteiger partial charge in [0, 0.05) is 19.2 Å². The average molecular weight is 350 g/mol. The Hall–Kier alpha value is -3.17. The van der Waals surface area contributed by atoms with E-state index in [4.69, 9.17) is 14.7 Å². The van der Waals surface area contributed by atoms with Crippen molar-refractivity contribution < 1.29 is 19.1 Å². The predicted octanol–water partition coefficient (Wildman–Crippen LogP) is 2.77. The summed E-state index contributed by atoms with van der Waals surface area (Å²) in [5, 5.41) is 8.80. The van der Waals surface area contributed by atoms with Crippen LogP contribution in [0, 0.1) is 11.3 Å². The summed E-state index contributed by atoms with van der Waals surface area (Å²) in [5.74, 6) is -0.321. The van der Waals surface area contributed by atoms with Crippen LogP contribution in [-0.4, -0.2) is 36.5 Å². The molecule has 0 bridgehead atoms. The van der Waals surface area contributed by atoms with Crippen molar-refractivity contribution in [1.29, 1.82) is 5.26 Å². The Morgan fingerprint density at radius 3 is 2.65 bits per heavy atom. The highest BCUT2D eigenvalue weighted by Gasteiger charge is 2.31. The van der Waals surface area contributed by atoms with Crippen LogP contribution in [0.15, 0.2) is 42.5 Å². The van der Waals surface area contributed by atoms with Crippen molar-refractivity contribution in [3.8, 4) is 11.8 Å². The van der Waals surface area contributed by atoms with Gasteiger partial charge in [0.15, 0.2) is 0 Å². The molecule has 26 heavy (non-hydrogen) atoms. The molecule has 1 aliphatic rings. The van der Waals surface area contributed by atoms with Crippen molar-refractivity contribution >= 4 is 11.9 Å². The summed E-state index contributed by atoms with van der Waals surface area (Å²) in [7, 11) is 1.60. The molecule has 3 rings (SSSR count). The SMILES string of the molecule is COCC(C)N1Cc2ccc(OC(=O)c3ccc(C#N)cc3)cc2C1=O. The number of nitriles is 1. The van der Waals surface area contributed by atoms with E-state index < -0.39 is 5.97 Å². The summed E-state index contributed by atoms with van der Waals surface area (Å²) in [6.07, 6.45) is 0. The van der Waals surface area contributed by atoms with Crippen molar-refractivity contribution in [2.45, 2.75) is 19.5 Å². The number of esters is 1. The molecule has 0 aromatic heterocycles. The third kappa shape index (κ3) is 3.44. The van der Waals surface area contributed by atoms with E-state index in [9.17, 15) is 9.59 Å². The first-order valence-electron chi connectivity index (χ1n) is 8.18. The van der Waals surface area contributed by atoms with Gasteiger partial charge in [0.25, 0.3) is 5.91 Å². The van der Waals surface area contributed by atoms with Gasteiger partial charge in [0.1, 0.15) is 5.75 Å². The number of rotatable bonds is 5. The minimum absolute atomic E-state index is 0.0375. The van der Waals surface area contributed by atoms with E-state index in [0.717, 1.165) is 5.56 Å². The van der Waals surface area contributed by atoms with E-state index in [2.05, 4.69) is 0 Å². The molecule has 1 aliphatic heterocycles. The molecular formula is C20H18N2O4. The summed E-state index contributed by atoms with van der Waals surface area (Å²) in [5.41, 5.74) is 2.25. The number of benzene rings is 2. The molecule has 0 saturated heterocycles. The maximum absolute atomic E-state index is 12.6. The zero-order valence-electron chi connectivity index (χ0n) is 14.6. The van der Waals surface area contributed by atoms with Crippen LogP contribution >= 0.6 is 0 Å². The average Bonchev–Trinajstić information content (AvgIpc) is 2.98. The van der Waals surface area contributed by atoms with E-state index >= 15 is 0 Å². The Labute approximate surface area is 151 Å². The highest BCUT2D eigenvalue weighted by molar-refractivity contribution is 5.99. The molecule has 0 fully saturated rings. The van der Waals surface area contributed by atoms with Crippen LogP contribution in [0.4, 0.5) is 0 Å². The van der Waals surface area contributed by atoms with E-state index in [1.165, 1.54) is 12.1 Å². The number of hydrogen-bond donors (Lipinski definition) is 0. The fourth-order valence-electron chi connectivity index (χ4n) is 2.90. The monoisotopic (exact) mass is 350 g/mol. The van der Waals surface area contributed by atoms with Crippen LogP contribution < -0.4 is 4.74 Å². The van der Waals surface area contributed by atoms with Crippen LogP contribution in [0.3, 0.4) is 0 Å². The normalized spacial score (nSPS) is 13.9. The molecular weight excluding hydrogens is 332 g/mol. The molecule has 0 aliphatic carbocycles.